The molecule has 0 aliphatic heterocycles. The molecule has 0 amide bonds. The van der Waals surface area contributed by atoms with Crippen molar-refractivity contribution < 1.29 is 5.11 Å². The molecule has 0 spiro atoms. The van der Waals surface area contributed by atoms with Gasteiger partial charge in [-0.2, -0.15) is 9.50 Å². The van der Waals surface area contributed by atoms with Gasteiger partial charge in [-0.1, -0.05) is 17.8 Å². The zero-order chi connectivity index (χ0) is 9.97. The van der Waals surface area contributed by atoms with E-state index in [1.807, 2.05) is 0 Å². The van der Waals surface area contributed by atoms with Gasteiger partial charge in [-0.05, 0) is 0 Å². The molecule has 2 heterocycles. The molecule has 0 saturated heterocycles. The van der Waals surface area contributed by atoms with E-state index in [9.17, 15) is 5.11 Å². The Kier molecular flexibility index (Phi) is 2.36. The zero-order valence-corrected chi connectivity index (χ0v) is 8.11. The van der Waals surface area contributed by atoms with E-state index in [1.165, 1.54) is 28.5 Å². The summed E-state index contributed by atoms with van der Waals surface area (Å²) in [6.07, 6.45) is 3.25. The minimum Gasteiger partial charge on any atom is -0.493 e. The lowest BCUT2D eigenvalue weighted by Gasteiger charge is -1.91. The van der Waals surface area contributed by atoms with Gasteiger partial charge in [0.1, 0.15) is 0 Å². The maximum Gasteiger partial charge on any atom is 0.256 e. The highest BCUT2D eigenvalue weighted by Gasteiger charge is 2.06. The van der Waals surface area contributed by atoms with Crippen LogP contribution in [0.2, 0.25) is 0 Å². The van der Waals surface area contributed by atoms with Crippen LogP contribution in [0.5, 0.6) is 5.88 Å². The Hall–Kier alpha value is -1.56. The van der Waals surface area contributed by atoms with Crippen molar-refractivity contribution in [3.05, 3.63) is 24.9 Å². The number of nitrogens with zero attached hydrogens (tertiary/aromatic N) is 4. The Labute approximate surface area is 84.5 Å². The first kappa shape index (κ1) is 9.01. The number of fused-ring (bicyclic) bond motifs is 1. The molecule has 0 atom stereocenters. The molecule has 6 heteroatoms. The van der Waals surface area contributed by atoms with Crippen LogP contribution in [0.3, 0.4) is 0 Å². The standard InChI is InChI=1S/C8H8N4OS/c1-2-5-14-8-10-7-9-4-3-6(13)12(7)11-8/h2-4,13H,1,5H2. The minimum atomic E-state index is 0.0351. The van der Waals surface area contributed by atoms with Crippen molar-refractivity contribution in [2.24, 2.45) is 0 Å². The molecule has 0 aliphatic carbocycles. The summed E-state index contributed by atoms with van der Waals surface area (Å²) in [5, 5.41) is 14.0. The summed E-state index contributed by atoms with van der Waals surface area (Å²) in [5.41, 5.74) is 0. The molecule has 0 aromatic carbocycles. The number of rotatable bonds is 3. The topological polar surface area (TPSA) is 63.3 Å². The Bertz CT molecular complexity index is 467. The summed E-state index contributed by atoms with van der Waals surface area (Å²) in [5.74, 6) is 1.17. The monoisotopic (exact) mass is 208 g/mol. The first-order valence-electron chi connectivity index (χ1n) is 3.95. The van der Waals surface area contributed by atoms with Crippen LogP contribution in [0.25, 0.3) is 5.78 Å². The van der Waals surface area contributed by atoms with Gasteiger partial charge in [0.25, 0.3) is 5.78 Å². The van der Waals surface area contributed by atoms with E-state index in [0.29, 0.717) is 10.9 Å². The third-order valence-corrected chi connectivity index (χ3v) is 2.37. The van der Waals surface area contributed by atoms with Gasteiger partial charge in [0.15, 0.2) is 0 Å². The fraction of sp³-hybridized carbons (Fsp3) is 0.125. The third-order valence-electron chi connectivity index (χ3n) is 1.53. The summed E-state index contributed by atoms with van der Waals surface area (Å²) >= 11 is 1.44. The molecule has 14 heavy (non-hydrogen) atoms. The molecular formula is C8H8N4OS. The van der Waals surface area contributed by atoms with E-state index in [-0.39, 0.29) is 5.88 Å². The number of thioether (sulfide) groups is 1. The molecule has 1 N–H and O–H groups in total. The van der Waals surface area contributed by atoms with Crippen molar-refractivity contribution >= 4 is 17.5 Å². The average molecular weight is 208 g/mol. The van der Waals surface area contributed by atoms with Crippen molar-refractivity contribution in [1.82, 2.24) is 19.6 Å². The summed E-state index contributed by atoms with van der Waals surface area (Å²) in [7, 11) is 0. The summed E-state index contributed by atoms with van der Waals surface area (Å²) in [6.45, 7) is 3.60. The van der Waals surface area contributed by atoms with Crippen molar-refractivity contribution in [1.29, 1.82) is 0 Å². The van der Waals surface area contributed by atoms with Crippen LogP contribution in [0, 0.1) is 0 Å². The van der Waals surface area contributed by atoms with E-state index in [4.69, 9.17) is 0 Å². The van der Waals surface area contributed by atoms with Crippen molar-refractivity contribution in [3.63, 3.8) is 0 Å². The van der Waals surface area contributed by atoms with Gasteiger partial charge >= 0.3 is 0 Å². The van der Waals surface area contributed by atoms with Crippen LogP contribution in [0.4, 0.5) is 0 Å². The predicted molar refractivity (Wildman–Crippen MR) is 53.4 cm³/mol. The lowest BCUT2D eigenvalue weighted by molar-refractivity contribution is 0.434. The summed E-state index contributed by atoms with van der Waals surface area (Å²) < 4.78 is 1.30. The van der Waals surface area contributed by atoms with Gasteiger partial charge in [0.2, 0.25) is 11.0 Å². The molecule has 0 aliphatic rings. The number of hydrogen-bond donors (Lipinski definition) is 1. The molecular weight excluding hydrogens is 200 g/mol. The molecule has 0 unspecified atom stereocenters. The van der Waals surface area contributed by atoms with Crippen LogP contribution in [0.15, 0.2) is 30.1 Å². The molecule has 2 aromatic heterocycles. The van der Waals surface area contributed by atoms with E-state index >= 15 is 0 Å². The average Bonchev–Trinajstić information content (AvgIpc) is 2.59. The molecule has 72 valence electrons. The second-order valence-electron chi connectivity index (χ2n) is 2.51. The summed E-state index contributed by atoms with van der Waals surface area (Å²) in [6, 6.07) is 1.46. The second-order valence-corrected chi connectivity index (χ2v) is 3.50. The fourth-order valence-electron chi connectivity index (χ4n) is 0.959. The van der Waals surface area contributed by atoms with E-state index in [0.717, 1.165) is 5.75 Å². The Morgan fingerprint density at radius 2 is 2.50 bits per heavy atom. The lowest BCUT2D eigenvalue weighted by Crippen LogP contribution is -1.89. The van der Waals surface area contributed by atoms with Crippen LogP contribution >= 0.6 is 11.8 Å². The molecule has 5 nitrogen and oxygen atoms in total. The predicted octanol–water partition coefficient (Wildman–Crippen LogP) is 1.11. The molecule has 0 saturated carbocycles. The van der Waals surface area contributed by atoms with Crippen molar-refractivity contribution in [2.75, 3.05) is 5.75 Å². The minimum absolute atomic E-state index is 0.0351. The van der Waals surface area contributed by atoms with Crippen molar-refractivity contribution in [2.45, 2.75) is 5.16 Å². The smallest absolute Gasteiger partial charge is 0.256 e. The van der Waals surface area contributed by atoms with Gasteiger partial charge in [-0.15, -0.1) is 11.7 Å². The number of hydrogen-bond acceptors (Lipinski definition) is 5. The van der Waals surface area contributed by atoms with Gasteiger partial charge in [-0.25, -0.2) is 4.98 Å². The second kappa shape index (κ2) is 3.67. The molecule has 2 rings (SSSR count). The molecule has 2 aromatic rings. The lowest BCUT2D eigenvalue weighted by atomic mass is 10.6. The number of aromatic hydroxyl groups is 1. The molecule has 0 bridgehead atoms. The van der Waals surface area contributed by atoms with Crippen LogP contribution in [0.1, 0.15) is 0 Å². The Morgan fingerprint density at radius 1 is 1.64 bits per heavy atom. The zero-order valence-electron chi connectivity index (χ0n) is 7.29. The van der Waals surface area contributed by atoms with Crippen LogP contribution in [-0.2, 0) is 0 Å². The Morgan fingerprint density at radius 3 is 3.21 bits per heavy atom. The van der Waals surface area contributed by atoms with Crippen LogP contribution < -0.4 is 0 Å². The van der Waals surface area contributed by atoms with E-state index in [1.54, 1.807) is 6.08 Å². The maximum atomic E-state index is 9.40. The molecule has 0 radical (unpaired) electrons. The highest BCUT2D eigenvalue weighted by molar-refractivity contribution is 7.99. The quantitative estimate of drug-likeness (QED) is 0.604. The van der Waals surface area contributed by atoms with Gasteiger partial charge in [-0.3, -0.25) is 0 Å². The van der Waals surface area contributed by atoms with Crippen molar-refractivity contribution in [3.8, 4) is 5.88 Å². The first-order chi connectivity index (χ1) is 6.81. The fourth-order valence-corrected chi connectivity index (χ4v) is 1.51. The number of aromatic nitrogens is 4. The van der Waals surface area contributed by atoms with Crippen LogP contribution in [-0.4, -0.2) is 30.4 Å². The van der Waals surface area contributed by atoms with Gasteiger partial charge < -0.3 is 5.11 Å². The highest BCUT2D eigenvalue weighted by atomic mass is 32.2. The Balaban J connectivity index is 2.41. The first-order valence-corrected chi connectivity index (χ1v) is 4.94. The SMILES string of the molecule is C=CCSc1nc2nccc(O)n2n1. The van der Waals surface area contributed by atoms with Gasteiger partial charge in [0, 0.05) is 18.0 Å². The largest absolute Gasteiger partial charge is 0.493 e. The summed E-state index contributed by atoms with van der Waals surface area (Å²) in [4.78, 5) is 8.07. The van der Waals surface area contributed by atoms with Gasteiger partial charge in [0.05, 0.1) is 0 Å². The maximum absolute atomic E-state index is 9.40. The molecule has 0 fully saturated rings. The highest BCUT2D eigenvalue weighted by Crippen LogP contribution is 2.16. The normalized spacial score (nSPS) is 10.6. The van der Waals surface area contributed by atoms with E-state index < -0.39 is 0 Å². The van der Waals surface area contributed by atoms with E-state index in [2.05, 4.69) is 21.6 Å². The third kappa shape index (κ3) is 1.56.